The Labute approximate surface area is 117 Å². The predicted molar refractivity (Wildman–Crippen MR) is 81.0 cm³/mol. The summed E-state index contributed by atoms with van der Waals surface area (Å²) in [7, 11) is 0. The highest BCUT2D eigenvalue weighted by Gasteiger charge is 2.27. The Kier molecular flexibility index (Phi) is 4.58. The number of carboxylic acids is 1. The molecule has 1 aromatic carbocycles. The van der Waals surface area contributed by atoms with E-state index in [-0.39, 0.29) is 5.56 Å². The molecule has 1 aliphatic rings. The minimum Gasteiger partial charge on any atom is -0.478 e. The van der Waals surface area contributed by atoms with Crippen molar-refractivity contribution in [3.8, 4) is 0 Å². The average Bonchev–Trinajstić information content (AvgIpc) is 2.79. The standard InChI is InChI=1S/C14H20N2O2S/c1-2-19-13-5-3-4-12(13)16-11-7-6-9(14(17)18)8-10(11)15/h6-8,12-13,16H,2-5,15H2,1H3,(H,17,18). The number of nitrogen functional groups attached to an aromatic ring is 1. The van der Waals surface area contributed by atoms with Gasteiger partial charge in [0.05, 0.1) is 16.9 Å². The van der Waals surface area contributed by atoms with Crippen LogP contribution in [0, 0.1) is 0 Å². The van der Waals surface area contributed by atoms with Crippen molar-refractivity contribution in [2.45, 2.75) is 37.5 Å². The molecule has 0 spiro atoms. The number of carbonyl (C=O) groups is 1. The second-order valence-electron chi connectivity index (χ2n) is 4.78. The zero-order chi connectivity index (χ0) is 13.8. The van der Waals surface area contributed by atoms with E-state index in [4.69, 9.17) is 10.8 Å². The normalized spacial score (nSPS) is 22.4. The largest absolute Gasteiger partial charge is 0.478 e. The Bertz CT molecular complexity index is 465. The van der Waals surface area contributed by atoms with Crippen LogP contribution in [0.1, 0.15) is 36.5 Å². The molecule has 1 aromatic rings. The molecule has 2 atom stereocenters. The van der Waals surface area contributed by atoms with E-state index in [1.54, 1.807) is 12.1 Å². The lowest BCUT2D eigenvalue weighted by atomic mass is 10.1. The number of nitrogens with one attached hydrogen (secondary N) is 1. The molecule has 104 valence electrons. The number of benzene rings is 1. The summed E-state index contributed by atoms with van der Waals surface area (Å²) >= 11 is 1.98. The van der Waals surface area contributed by atoms with E-state index in [0.717, 1.165) is 17.9 Å². The third-order valence-electron chi connectivity index (χ3n) is 3.47. The molecule has 0 aromatic heterocycles. The van der Waals surface area contributed by atoms with Gasteiger partial charge in [0.1, 0.15) is 0 Å². The van der Waals surface area contributed by atoms with Crippen LogP contribution in [-0.4, -0.2) is 28.1 Å². The molecule has 0 amide bonds. The smallest absolute Gasteiger partial charge is 0.335 e. The number of thioether (sulfide) groups is 1. The van der Waals surface area contributed by atoms with Crippen LogP contribution in [0.3, 0.4) is 0 Å². The molecular formula is C14H20N2O2S. The molecule has 0 bridgehead atoms. The van der Waals surface area contributed by atoms with E-state index >= 15 is 0 Å². The fraction of sp³-hybridized carbons (Fsp3) is 0.500. The van der Waals surface area contributed by atoms with Crippen molar-refractivity contribution in [3.63, 3.8) is 0 Å². The van der Waals surface area contributed by atoms with Crippen molar-refractivity contribution in [2.24, 2.45) is 0 Å². The summed E-state index contributed by atoms with van der Waals surface area (Å²) in [5.74, 6) is 0.176. The molecule has 5 heteroatoms. The molecule has 0 heterocycles. The summed E-state index contributed by atoms with van der Waals surface area (Å²) in [5.41, 5.74) is 7.51. The number of anilines is 2. The van der Waals surface area contributed by atoms with Crippen LogP contribution in [0.5, 0.6) is 0 Å². The Morgan fingerprint density at radius 1 is 1.53 bits per heavy atom. The van der Waals surface area contributed by atoms with E-state index in [0.29, 0.717) is 17.0 Å². The number of aromatic carboxylic acids is 1. The Morgan fingerprint density at radius 3 is 2.95 bits per heavy atom. The third-order valence-corrected chi connectivity index (χ3v) is 4.80. The first-order chi connectivity index (χ1) is 9.11. The van der Waals surface area contributed by atoms with Crippen LogP contribution in [0.2, 0.25) is 0 Å². The highest BCUT2D eigenvalue weighted by atomic mass is 32.2. The van der Waals surface area contributed by atoms with Gasteiger partial charge in [0.25, 0.3) is 0 Å². The van der Waals surface area contributed by atoms with Crippen molar-refractivity contribution in [1.29, 1.82) is 0 Å². The van der Waals surface area contributed by atoms with E-state index in [2.05, 4.69) is 12.2 Å². The lowest BCUT2D eigenvalue weighted by Crippen LogP contribution is -2.26. The van der Waals surface area contributed by atoms with Gasteiger partial charge in [-0.05, 0) is 36.8 Å². The van der Waals surface area contributed by atoms with Gasteiger partial charge in [0.2, 0.25) is 0 Å². The van der Waals surface area contributed by atoms with Crippen molar-refractivity contribution in [2.75, 3.05) is 16.8 Å². The Morgan fingerprint density at radius 2 is 2.32 bits per heavy atom. The molecule has 4 nitrogen and oxygen atoms in total. The molecule has 0 saturated heterocycles. The molecule has 2 unspecified atom stereocenters. The molecule has 1 fully saturated rings. The van der Waals surface area contributed by atoms with Crippen molar-refractivity contribution in [3.05, 3.63) is 23.8 Å². The van der Waals surface area contributed by atoms with Crippen LogP contribution in [0.4, 0.5) is 11.4 Å². The van der Waals surface area contributed by atoms with E-state index < -0.39 is 5.97 Å². The van der Waals surface area contributed by atoms with Gasteiger partial charge in [-0.25, -0.2) is 4.79 Å². The zero-order valence-corrected chi connectivity index (χ0v) is 11.9. The van der Waals surface area contributed by atoms with Gasteiger partial charge in [-0.2, -0.15) is 11.8 Å². The van der Waals surface area contributed by atoms with Crippen LogP contribution in [0.15, 0.2) is 18.2 Å². The molecule has 1 saturated carbocycles. The van der Waals surface area contributed by atoms with Crippen LogP contribution in [-0.2, 0) is 0 Å². The highest BCUT2D eigenvalue weighted by molar-refractivity contribution is 7.99. The highest BCUT2D eigenvalue weighted by Crippen LogP contribution is 2.33. The zero-order valence-electron chi connectivity index (χ0n) is 11.1. The first kappa shape index (κ1) is 14.1. The number of carboxylic acid groups (broad SMARTS) is 1. The second kappa shape index (κ2) is 6.19. The number of hydrogen-bond acceptors (Lipinski definition) is 4. The van der Waals surface area contributed by atoms with Gasteiger partial charge in [-0.15, -0.1) is 0 Å². The van der Waals surface area contributed by atoms with Gasteiger partial charge >= 0.3 is 5.97 Å². The van der Waals surface area contributed by atoms with Crippen molar-refractivity contribution in [1.82, 2.24) is 0 Å². The first-order valence-corrected chi connectivity index (χ1v) is 7.67. The van der Waals surface area contributed by atoms with Crippen LogP contribution < -0.4 is 11.1 Å². The number of rotatable bonds is 5. The summed E-state index contributed by atoms with van der Waals surface area (Å²) in [5, 5.41) is 13.0. The van der Waals surface area contributed by atoms with E-state index in [1.807, 2.05) is 11.8 Å². The Balaban J connectivity index is 2.08. The maximum Gasteiger partial charge on any atom is 0.335 e. The van der Waals surface area contributed by atoms with Gasteiger partial charge in [0.15, 0.2) is 0 Å². The summed E-state index contributed by atoms with van der Waals surface area (Å²) < 4.78 is 0. The summed E-state index contributed by atoms with van der Waals surface area (Å²) in [6.45, 7) is 2.18. The summed E-state index contributed by atoms with van der Waals surface area (Å²) in [6.07, 6.45) is 3.63. The average molecular weight is 280 g/mol. The molecule has 19 heavy (non-hydrogen) atoms. The lowest BCUT2D eigenvalue weighted by molar-refractivity contribution is 0.0697. The third kappa shape index (κ3) is 3.35. The van der Waals surface area contributed by atoms with Crippen LogP contribution in [0.25, 0.3) is 0 Å². The molecular weight excluding hydrogens is 260 g/mol. The van der Waals surface area contributed by atoms with Gasteiger partial charge in [0, 0.05) is 11.3 Å². The minimum atomic E-state index is -0.946. The minimum absolute atomic E-state index is 0.231. The van der Waals surface area contributed by atoms with Gasteiger partial charge in [-0.3, -0.25) is 0 Å². The second-order valence-corrected chi connectivity index (χ2v) is 6.30. The number of nitrogens with two attached hydrogens (primary N) is 1. The van der Waals surface area contributed by atoms with E-state index in [1.165, 1.54) is 18.9 Å². The first-order valence-electron chi connectivity index (χ1n) is 6.62. The lowest BCUT2D eigenvalue weighted by Gasteiger charge is -2.22. The summed E-state index contributed by atoms with van der Waals surface area (Å²) in [6, 6.07) is 5.31. The fourth-order valence-corrected chi connectivity index (χ4v) is 3.73. The molecule has 2 rings (SSSR count). The summed E-state index contributed by atoms with van der Waals surface area (Å²) in [4.78, 5) is 10.9. The monoisotopic (exact) mass is 280 g/mol. The van der Waals surface area contributed by atoms with Crippen molar-refractivity contribution < 1.29 is 9.90 Å². The maximum absolute atomic E-state index is 10.9. The van der Waals surface area contributed by atoms with Gasteiger partial charge < -0.3 is 16.2 Å². The SMILES string of the molecule is CCSC1CCCC1Nc1ccc(C(=O)O)cc1N. The quantitative estimate of drug-likeness (QED) is 0.723. The molecule has 0 radical (unpaired) electrons. The van der Waals surface area contributed by atoms with Crippen molar-refractivity contribution >= 4 is 29.1 Å². The molecule has 4 N–H and O–H groups in total. The topological polar surface area (TPSA) is 75.3 Å². The fourth-order valence-electron chi connectivity index (χ4n) is 2.53. The van der Waals surface area contributed by atoms with Crippen LogP contribution >= 0.6 is 11.8 Å². The number of hydrogen-bond donors (Lipinski definition) is 3. The van der Waals surface area contributed by atoms with Gasteiger partial charge in [-0.1, -0.05) is 13.3 Å². The molecule has 0 aliphatic heterocycles. The molecule has 1 aliphatic carbocycles. The Hall–Kier alpha value is -1.36. The predicted octanol–water partition coefficient (Wildman–Crippen LogP) is 3.05. The van der Waals surface area contributed by atoms with E-state index in [9.17, 15) is 4.79 Å². The maximum atomic E-state index is 10.9.